The average Bonchev–Trinajstić information content (AvgIpc) is 2.74. The van der Waals surface area contributed by atoms with Crippen LogP contribution < -0.4 is 10.6 Å². The number of aromatic nitrogens is 1. The van der Waals surface area contributed by atoms with Crippen LogP contribution in [0.3, 0.4) is 0 Å². The number of rotatable bonds is 6. The zero-order valence-electron chi connectivity index (χ0n) is 16.4. The lowest BCUT2D eigenvalue weighted by atomic mass is 10.0. The molecule has 0 aliphatic carbocycles. The molecule has 0 radical (unpaired) electrons. The van der Waals surface area contributed by atoms with E-state index in [1.54, 1.807) is 0 Å². The third-order valence-corrected chi connectivity index (χ3v) is 4.86. The number of nitriles is 1. The molecule has 6 heteroatoms. The van der Waals surface area contributed by atoms with Crippen LogP contribution in [0.25, 0.3) is 0 Å². The number of benzene rings is 1. The summed E-state index contributed by atoms with van der Waals surface area (Å²) < 4.78 is 0. The van der Waals surface area contributed by atoms with Gasteiger partial charge < -0.3 is 10.6 Å². The van der Waals surface area contributed by atoms with Crippen molar-refractivity contribution >= 4 is 5.96 Å². The van der Waals surface area contributed by atoms with Crippen LogP contribution in [0.2, 0.25) is 0 Å². The van der Waals surface area contributed by atoms with Crippen molar-refractivity contribution in [2.45, 2.75) is 38.9 Å². The van der Waals surface area contributed by atoms with E-state index in [2.05, 4.69) is 39.6 Å². The lowest BCUT2D eigenvalue weighted by Crippen LogP contribution is -2.48. The Hall–Kier alpha value is -2.91. The second kappa shape index (κ2) is 10.4. The lowest BCUT2D eigenvalue weighted by molar-refractivity contribution is 0.196. The standard InChI is InChI=1S/C22H28N6/c1-2-24-22(26-16-19-7-5-6-18(14-19)15-23)27-20-9-12-28(13-10-20)17-21-8-3-4-11-25-21/h3-8,11,14,20H,2,9-10,12-13,16-17H2,1H3,(H2,24,26,27). The molecule has 1 aromatic carbocycles. The third-order valence-electron chi connectivity index (χ3n) is 4.86. The van der Waals surface area contributed by atoms with Crippen LogP contribution in [0.4, 0.5) is 0 Å². The van der Waals surface area contributed by atoms with Crippen LogP contribution in [0, 0.1) is 11.3 Å². The van der Waals surface area contributed by atoms with Crippen LogP contribution in [0.1, 0.15) is 36.6 Å². The van der Waals surface area contributed by atoms with Gasteiger partial charge in [-0.25, -0.2) is 4.99 Å². The van der Waals surface area contributed by atoms with Crippen molar-refractivity contribution in [3.8, 4) is 6.07 Å². The van der Waals surface area contributed by atoms with E-state index in [9.17, 15) is 0 Å². The molecule has 3 rings (SSSR count). The molecule has 2 aromatic rings. The van der Waals surface area contributed by atoms with Gasteiger partial charge in [0.1, 0.15) is 0 Å². The van der Waals surface area contributed by atoms with Crippen LogP contribution in [0.5, 0.6) is 0 Å². The number of hydrogen-bond donors (Lipinski definition) is 2. The monoisotopic (exact) mass is 376 g/mol. The molecule has 0 spiro atoms. The van der Waals surface area contributed by atoms with Crippen molar-refractivity contribution in [1.82, 2.24) is 20.5 Å². The van der Waals surface area contributed by atoms with Gasteiger partial charge in [0.15, 0.2) is 5.96 Å². The molecular formula is C22H28N6. The quantitative estimate of drug-likeness (QED) is 0.599. The molecule has 0 atom stereocenters. The van der Waals surface area contributed by atoms with Gasteiger partial charge in [-0.15, -0.1) is 0 Å². The summed E-state index contributed by atoms with van der Waals surface area (Å²) in [6.07, 6.45) is 4.03. The molecule has 1 saturated heterocycles. The van der Waals surface area contributed by atoms with E-state index in [-0.39, 0.29) is 0 Å². The van der Waals surface area contributed by atoms with Crippen LogP contribution in [0.15, 0.2) is 53.7 Å². The summed E-state index contributed by atoms with van der Waals surface area (Å²) in [6, 6.07) is 16.3. The number of aliphatic imine (C=N–C) groups is 1. The van der Waals surface area contributed by atoms with E-state index in [1.165, 1.54) is 0 Å². The number of nitrogens with zero attached hydrogens (tertiary/aromatic N) is 4. The largest absolute Gasteiger partial charge is 0.357 e. The third kappa shape index (κ3) is 6.07. The minimum absolute atomic E-state index is 0.420. The van der Waals surface area contributed by atoms with Crippen molar-refractivity contribution in [2.24, 2.45) is 4.99 Å². The van der Waals surface area contributed by atoms with E-state index < -0.39 is 0 Å². The summed E-state index contributed by atoms with van der Waals surface area (Å²) in [5, 5.41) is 15.9. The Labute approximate surface area is 167 Å². The Morgan fingerprint density at radius 3 is 2.82 bits per heavy atom. The fraction of sp³-hybridized carbons (Fsp3) is 0.409. The minimum atomic E-state index is 0.420. The number of likely N-dealkylation sites (tertiary alicyclic amines) is 1. The Morgan fingerprint density at radius 1 is 1.25 bits per heavy atom. The molecule has 0 saturated carbocycles. The molecular weight excluding hydrogens is 348 g/mol. The first kappa shape index (κ1) is 19.8. The zero-order chi connectivity index (χ0) is 19.6. The minimum Gasteiger partial charge on any atom is -0.357 e. The molecule has 2 N–H and O–H groups in total. The SMILES string of the molecule is CCNC(=NCc1cccc(C#N)c1)NC1CCN(Cc2ccccn2)CC1. The maximum atomic E-state index is 9.04. The molecule has 0 bridgehead atoms. The molecule has 2 heterocycles. The molecule has 1 aromatic heterocycles. The van der Waals surface area contributed by atoms with Crippen molar-refractivity contribution in [2.75, 3.05) is 19.6 Å². The first-order valence-electron chi connectivity index (χ1n) is 9.93. The lowest BCUT2D eigenvalue weighted by Gasteiger charge is -2.32. The summed E-state index contributed by atoms with van der Waals surface area (Å²) in [7, 11) is 0. The van der Waals surface area contributed by atoms with Gasteiger partial charge in [0.2, 0.25) is 0 Å². The molecule has 146 valence electrons. The molecule has 1 aliphatic rings. The van der Waals surface area contributed by atoms with E-state index in [4.69, 9.17) is 10.3 Å². The topological polar surface area (TPSA) is 76.3 Å². The summed E-state index contributed by atoms with van der Waals surface area (Å²) in [6.45, 7) is 6.47. The van der Waals surface area contributed by atoms with Gasteiger partial charge in [-0.2, -0.15) is 5.26 Å². The van der Waals surface area contributed by atoms with Gasteiger partial charge >= 0.3 is 0 Å². The highest BCUT2D eigenvalue weighted by molar-refractivity contribution is 5.80. The Morgan fingerprint density at radius 2 is 2.11 bits per heavy atom. The fourth-order valence-corrected chi connectivity index (χ4v) is 3.38. The Bertz CT molecular complexity index is 803. The second-order valence-corrected chi connectivity index (χ2v) is 7.02. The van der Waals surface area contributed by atoms with Gasteiger partial charge in [0.05, 0.1) is 23.9 Å². The number of hydrogen-bond acceptors (Lipinski definition) is 4. The molecule has 28 heavy (non-hydrogen) atoms. The second-order valence-electron chi connectivity index (χ2n) is 7.02. The van der Waals surface area contributed by atoms with E-state index >= 15 is 0 Å². The molecule has 0 unspecified atom stereocenters. The van der Waals surface area contributed by atoms with E-state index in [1.807, 2.05) is 42.6 Å². The van der Waals surface area contributed by atoms with Crippen molar-refractivity contribution < 1.29 is 0 Å². The van der Waals surface area contributed by atoms with Crippen LogP contribution in [-0.4, -0.2) is 41.5 Å². The van der Waals surface area contributed by atoms with E-state index in [0.29, 0.717) is 18.2 Å². The van der Waals surface area contributed by atoms with Crippen molar-refractivity contribution in [3.63, 3.8) is 0 Å². The Kier molecular flexibility index (Phi) is 7.39. The Balaban J connectivity index is 1.51. The zero-order valence-corrected chi connectivity index (χ0v) is 16.4. The molecule has 0 amide bonds. The smallest absolute Gasteiger partial charge is 0.191 e. The number of nitrogens with one attached hydrogen (secondary N) is 2. The highest BCUT2D eigenvalue weighted by Gasteiger charge is 2.20. The van der Waals surface area contributed by atoms with Crippen molar-refractivity contribution in [1.29, 1.82) is 5.26 Å². The molecule has 6 nitrogen and oxygen atoms in total. The van der Waals surface area contributed by atoms with E-state index in [0.717, 1.165) is 56.2 Å². The summed E-state index contributed by atoms with van der Waals surface area (Å²) in [5.41, 5.74) is 2.84. The normalized spacial score (nSPS) is 15.8. The van der Waals surface area contributed by atoms with Gasteiger partial charge in [-0.1, -0.05) is 18.2 Å². The van der Waals surface area contributed by atoms with Crippen LogP contribution in [-0.2, 0) is 13.1 Å². The van der Waals surface area contributed by atoms with Gasteiger partial charge in [-0.05, 0) is 49.6 Å². The van der Waals surface area contributed by atoms with Gasteiger partial charge in [0, 0.05) is 38.4 Å². The number of guanidine groups is 1. The fourth-order valence-electron chi connectivity index (χ4n) is 3.38. The van der Waals surface area contributed by atoms with Gasteiger partial charge in [-0.3, -0.25) is 9.88 Å². The predicted molar refractivity (Wildman–Crippen MR) is 112 cm³/mol. The summed E-state index contributed by atoms with van der Waals surface area (Å²) in [4.78, 5) is 11.6. The summed E-state index contributed by atoms with van der Waals surface area (Å²) in [5.74, 6) is 0.841. The maximum Gasteiger partial charge on any atom is 0.191 e. The van der Waals surface area contributed by atoms with Crippen molar-refractivity contribution in [3.05, 3.63) is 65.5 Å². The molecule has 1 fully saturated rings. The average molecular weight is 377 g/mol. The first-order chi connectivity index (χ1) is 13.8. The highest BCUT2D eigenvalue weighted by atomic mass is 15.2. The highest BCUT2D eigenvalue weighted by Crippen LogP contribution is 2.13. The number of pyridine rings is 1. The summed E-state index contributed by atoms with van der Waals surface area (Å²) >= 11 is 0. The first-order valence-corrected chi connectivity index (χ1v) is 9.93. The van der Waals surface area contributed by atoms with Crippen LogP contribution >= 0.6 is 0 Å². The van der Waals surface area contributed by atoms with Gasteiger partial charge in [0.25, 0.3) is 0 Å². The predicted octanol–water partition coefficient (Wildman–Crippen LogP) is 2.67. The maximum absolute atomic E-state index is 9.04. The molecule has 1 aliphatic heterocycles. The number of piperidine rings is 1.